The van der Waals surface area contributed by atoms with Crippen LogP contribution in [0.5, 0.6) is 5.75 Å². The van der Waals surface area contributed by atoms with Gasteiger partial charge in [0.05, 0.1) is 5.69 Å². The van der Waals surface area contributed by atoms with E-state index in [1.165, 1.54) is 5.56 Å². The Hall–Kier alpha value is -1.55. The summed E-state index contributed by atoms with van der Waals surface area (Å²) in [6, 6.07) is 6.20. The summed E-state index contributed by atoms with van der Waals surface area (Å²) in [5, 5.41) is 3.37. The summed E-state index contributed by atoms with van der Waals surface area (Å²) < 4.78 is 5.63. The van der Waals surface area contributed by atoms with Gasteiger partial charge < -0.3 is 15.0 Å². The number of carbonyl (C=O) groups excluding carboxylic acids is 1. The first-order valence-electron chi connectivity index (χ1n) is 6.45. The van der Waals surface area contributed by atoms with Gasteiger partial charge in [-0.1, -0.05) is 6.07 Å². The van der Waals surface area contributed by atoms with E-state index in [0.717, 1.165) is 30.9 Å². The number of hydrogen-bond donors (Lipinski definition) is 1. The van der Waals surface area contributed by atoms with E-state index in [-0.39, 0.29) is 12.0 Å². The molecule has 1 fully saturated rings. The molecule has 2 aliphatic heterocycles. The van der Waals surface area contributed by atoms with Gasteiger partial charge in [0.1, 0.15) is 5.75 Å². The maximum atomic E-state index is 11.9. The molecule has 0 aromatic heterocycles. The van der Waals surface area contributed by atoms with E-state index in [1.54, 1.807) is 11.8 Å². The normalized spacial score (nSPS) is 27.0. The van der Waals surface area contributed by atoms with E-state index in [9.17, 15) is 4.79 Å². The van der Waals surface area contributed by atoms with Crippen LogP contribution in [0.3, 0.4) is 0 Å². The van der Waals surface area contributed by atoms with Gasteiger partial charge in [-0.15, -0.1) is 0 Å². The third-order valence-corrected chi connectivity index (χ3v) is 3.86. The molecular weight excluding hydrogens is 228 g/mol. The molecule has 4 heteroatoms. The lowest BCUT2D eigenvalue weighted by molar-refractivity contribution is -0.125. The lowest BCUT2D eigenvalue weighted by atomic mass is 9.97. The van der Waals surface area contributed by atoms with Crippen molar-refractivity contribution in [3.63, 3.8) is 0 Å². The molecule has 18 heavy (non-hydrogen) atoms. The second-order valence-electron chi connectivity index (χ2n) is 5.07. The van der Waals surface area contributed by atoms with Gasteiger partial charge in [0.25, 0.3) is 5.91 Å². The minimum atomic E-state index is -0.388. The number of hydrogen-bond acceptors (Lipinski definition) is 3. The first-order valence-corrected chi connectivity index (χ1v) is 6.45. The van der Waals surface area contributed by atoms with E-state index >= 15 is 0 Å². The number of fused-ring (bicyclic) bond motifs is 1. The molecule has 3 rings (SSSR count). The molecule has 96 valence electrons. The van der Waals surface area contributed by atoms with Crippen LogP contribution in [0.2, 0.25) is 0 Å². The van der Waals surface area contributed by atoms with Gasteiger partial charge >= 0.3 is 0 Å². The number of likely N-dealkylation sites (N-methyl/N-ethyl adjacent to an activating group) is 1. The maximum Gasteiger partial charge on any atom is 0.267 e. The monoisotopic (exact) mass is 246 g/mol. The van der Waals surface area contributed by atoms with Gasteiger partial charge in [-0.2, -0.15) is 0 Å². The molecule has 0 spiro atoms. The number of nitrogens with zero attached hydrogens (tertiary/aromatic N) is 1. The summed E-state index contributed by atoms with van der Waals surface area (Å²) >= 11 is 0. The predicted molar refractivity (Wildman–Crippen MR) is 70.2 cm³/mol. The molecule has 1 amide bonds. The first-order chi connectivity index (χ1) is 8.66. The van der Waals surface area contributed by atoms with Gasteiger partial charge in [-0.25, -0.2) is 0 Å². The average molecular weight is 246 g/mol. The molecule has 2 heterocycles. The van der Waals surface area contributed by atoms with Crippen molar-refractivity contribution < 1.29 is 9.53 Å². The fourth-order valence-electron chi connectivity index (χ4n) is 2.72. The fraction of sp³-hybridized carbons (Fsp3) is 0.500. The zero-order chi connectivity index (χ0) is 12.7. The van der Waals surface area contributed by atoms with Gasteiger partial charge in [-0.3, -0.25) is 4.79 Å². The number of benzene rings is 1. The third kappa shape index (κ3) is 1.77. The molecule has 0 aliphatic carbocycles. The molecular formula is C14H18N2O2. The summed E-state index contributed by atoms with van der Waals surface area (Å²) in [6.45, 7) is 3.88. The third-order valence-electron chi connectivity index (χ3n) is 3.86. The standard InChI is InChI=1S/C14H18N2O2/c1-9-14(17)16(2)12-7-10(3-4-13(12)18-9)11-5-6-15-8-11/h3-4,7,9,11,15H,5-6,8H2,1-2H3. The Bertz CT molecular complexity index is 481. The van der Waals surface area contributed by atoms with Crippen LogP contribution in [0, 0.1) is 0 Å². The Labute approximate surface area is 107 Å². The topological polar surface area (TPSA) is 41.6 Å². The first kappa shape index (κ1) is 11.5. The smallest absolute Gasteiger partial charge is 0.267 e. The number of amides is 1. The highest BCUT2D eigenvalue weighted by Crippen LogP contribution is 2.36. The Kier molecular flexibility index (Phi) is 2.74. The van der Waals surface area contributed by atoms with Crippen LogP contribution in [-0.4, -0.2) is 32.1 Å². The number of nitrogens with one attached hydrogen (secondary N) is 1. The Morgan fingerprint density at radius 3 is 3.00 bits per heavy atom. The number of carbonyl (C=O) groups is 1. The maximum absolute atomic E-state index is 11.9. The van der Waals surface area contributed by atoms with Gasteiger partial charge in [-0.05, 0) is 43.5 Å². The van der Waals surface area contributed by atoms with Crippen molar-refractivity contribution in [2.24, 2.45) is 0 Å². The summed E-state index contributed by atoms with van der Waals surface area (Å²) in [5.74, 6) is 1.38. The highest BCUT2D eigenvalue weighted by Gasteiger charge is 2.29. The summed E-state index contributed by atoms with van der Waals surface area (Å²) in [5.41, 5.74) is 2.18. The lowest BCUT2D eigenvalue weighted by Gasteiger charge is -2.31. The van der Waals surface area contributed by atoms with E-state index < -0.39 is 0 Å². The summed E-state index contributed by atoms with van der Waals surface area (Å²) in [6.07, 6.45) is 0.773. The van der Waals surface area contributed by atoms with Crippen LogP contribution in [-0.2, 0) is 4.79 Å². The van der Waals surface area contributed by atoms with E-state index in [0.29, 0.717) is 5.92 Å². The van der Waals surface area contributed by atoms with Gasteiger partial charge in [0, 0.05) is 13.6 Å². The van der Waals surface area contributed by atoms with Crippen molar-refractivity contribution in [3.05, 3.63) is 23.8 Å². The van der Waals surface area contributed by atoms with Crippen LogP contribution < -0.4 is 15.0 Å². The Balaban J connectivity index is 1.97. The predicted octanol–water partition coefficient (Wildman–Crippen LogP) is 1.51. The second-order valence-corrected chi connectivity index (χ2v) is 5.07. The second kappa shape index (κ2) is 4.28. The molecule has 4 nitrogen and oxygen atoms in total. The molecule has 1 aromatic rings. The minimum absolute atomic E-state index is 0.0178. The minimum Gasteiger partial charge on any atom is -0.479 e. The van der Waals surface area contributed by atoms with E-state index in [2.05, 4.69) is 17.4 Å². The van der Waals surface area contributed by atoms with Crippen molar-refractivity contribution in [1.82, 2.24) is 5.32 Å². The molecule has 1 aromatic carbocycles. The molecule has 2 aliphatic rings. The highest BCUT2D eigenvalue weighted by atomic mass is 16.5. The Morgan fingerprint density at radius 2 is 2.28 bits per heavy atom. The van der Waals surface area contributed by atoms with Crippen LogP contribution in [0.4, 0.5) is 5.69 Å². The van der Waals surface area contributed by atoms with E-state index in [4.69, 9.17) is 4.74 Å². The number of ether oxygens (including phenoxy) is 1. The zero-order valence-electron chi connectivity index (χ0n) is 10.8. The highest BCUT2D eigenvalue weighted by molar-refractivity contribution is 5.99. The fourth-order valence-corrected chi connectivity index (χ4v) is 2.72. The van der Waals surface area contributed by atoms with Crippen LogP contribution in [0.1, 0.15) is 24.8 Å². The van der Waals surface area contributed by atoms with E-state index in [1.807, 2.05) is 13.1 Å². The van der Waals surface area contributed by atoms with Gasteiger partial charge in [0.15, 0.2) is 6.10 Å². The van der Waals surface area contributed by atoms with Crippen molar-refractivity contribution >= 4 is 11.6 Å². The number of rotatable bonds is 1. The average Bonchev–Trinajstić information content (AvgIpc) is 2.90. The van der Waals surface area contributed by atoms with Crippen molar-refractivity contribution in [1.29, 1.82) is 0 Å². The van der Waals surface area contributed by atoms with Crippen molar-refractivity contribution in [2.45, 2.75) is 25.4 Å². The van der Waals surface area contributed by atoms with Gasteiger partial charge in [0.2, 0.25) is 0 Å². The molecule has 0 saturated carbocycles. The quantitative estimate of drug-likeness (QED) is 0.816. The Morgan fingerprint density at radius 1 is 1.44 bits per heavy atom. The van der Waals surface area contributed by atoms with Crippen molar-refractivity contribution in [3.8, 4) is 5.75 Å². The lowest BCUT2D eigenvalue weighted by Crippen LogP contribution is -2.42. The zero-order valence-corrected chi connectivity index (χ0v) is 10.8. The van der Waals surface area contributed by atoms with Crippen LogP contribution >= 0.6 is 0 Å². The molecule has 1 N–H and O–H groups in total. The molecule has 2 atom stereocenters. The van der Waals surface area contributed by atoms with Crippen molar-refractivity contribution in [2.75, 3.05) is 25.0 Å². The number of anilines is 1. The van der Waals surface area contributed by atoms with Crippen LogP contribution in [0.25, 0.3) is 0 Å². The summed E-state index contributed by atoms with van der Waals surface area (Å²) in [4.78, 5) is 13.6. The molecule has 2 unspecified atom stereocenters. The molecule has 0 bridgehead atoms. The summed E-state index contributed by atoms with van der Waals surface area (Å²) in [7, 11) is 1.82. The SMILES string of the molecule is CC1Oc2ccc(C3CCNC3)cc2N(C)C1=O. The van der Waals surface area contributed by atoms with Crippen LogP contribution in [0.15, 0.2) is 18.2 Å². The molecule has 0 radical (unpaired) electrons. The largest absolute Gasteiger partial charge is 0.479 e. The molecule has 1 saturated heterocycles.